The smallest absolute Gasteiger partial charge is 0.189 e. The Morgan fingerprint density at radius 1 is 1.27 bits per heavy atom. The van der Waals surface area contributed by atoms with Crippen molar-refractivity contribution in [3.05, 3.63) is 0 Å². The van der Waals surface area contributed by atoms with Gasteiger partial charge in [0.2, 0.25) is 0 Å². The molecule has 1 fully saturated rings. The predicted molar refractivity (Wildman–Crippen MR) is 45.3 cm³/mol. The van der Waals surface area contributed by atoms with Gasteiger partial charge in [0.05, 0.1) is 21.1 Å². The third-order valence-corrected chi connectivity index (χ3v) is 2.46. The molecule has 1 rings (SSSR count). The molecule has 0 aromatic rings. The fourth-order valence-corrected chi connectivity index (χ4v) is 1.78. The largest absolute Gasteiger partial charge is 0.322 e. The summed E-state index contributed by atoms with van der Waals surface area (Å²) in [5.74, 6) is 0.462. The Kier molecular flexibility index (Phi) is 2.33. The molecule has 0 heterocycles. The minimum atomic E-state index is 0.267. The van der Waals surface area contributed by atoms with Crippen molar-refractivity contribution in [1.29, 1.82) is 0 Å². The molecule has 0 aromatic heterocycles. The predicted octanol–water partition coefficient (Wildman–Crippen LogP) is 1.20. The fraction of sp³-hybridized carbons (Fsp3) is 0.889. The highest BCUT2D eigenvalue weighted by atomic mass is 16.1. The fourth-order valence-electron chi connectivity index (χ4n) is 1.78. The summed E-state index contributed by atoms with van der Waals surface area (Å²) in [7, 11) is 6.32. The number of ketones is 1. The molecule has 64 valence electrons. The maximum absolute atomic E-state index is 11.4. The molecule has 0 amide bonds. The number of rotatable bonds is 1. The molecule has 1 unspecified atom stereocenters. The van der Waals surface area contributed by atoms with Gasteiger partial charge in [0.15, 0.2) is 5.78 Å². The zero-order valence-corrected chi connectivity index (χ0v) is 7.76. The molecule has 11 heavy (non-hydrogen) atoms. The lowest BCUT2D eigenvalue weighted by Gasteiger charge is -2.35. The maximum Gasteiger partial charge on any atom is 0.189 e. The first-order chi connectivity index (χ1) is 5.02. The highest BCUT2D eigenvalue weighted by Crippen LogP contribution is 2.20. The van der Waals surface area contributed by atoms with Gasteiger partial charge < -0.3 is 4.48 Å². The van der Waals surface area contributed by atoms with Crippen LogP contribution in [0, 0.1) is 0 Å². The second kappa shape index (κ2) is 2.94. The summed E-state index contributed by atoms with van der Waals surface area (Å²) in [4.78, 5) is 11.4. The lowest BCUT2D eigenvalue weighted by atomic mass is 9.92. The van der Waals surface area contributed by atoms with Crippen molar-refractivity contribution >= 4 is 5.78 Å². The lowest BCUT2D eigenvalue weighted by molar-refractivity contribution is -0.887. The number of likely N-dealkylation sites (N-methyl/N-ethyl adjacent to an activating group) is 1. The Morgan fingerprint density at radius 3 is 2.27 bits per heavy atom. The maximum atomic E-state index is 11.4. The van der Waals surface area contributed by atoms with Crippen molar-refractivity contribution < 1.29 is 9.28 Å². The van der Waals surface area contributed by atoms with Crippen LogP contribution in [0.5, 0.6) is 0 Å². The zero-order valence-electron chi connectivity index (χ0n) is 7.76. The summed E-state index contributed by atoms with van der Waals surface area (Å²) in [6, 6.07) is 0.267. The van der Waals surface area contributed by atoms with Crippen LogP contribution in [0.1, 0.15) is 25.7 Å². The Hall–Kier alpha value is -0.370. The van der Waals surface area contributed by atoms with E-state index in [1.165, 1.54) is 6.42 Å². The molecule has 0 aliphatic heterocycles. The molecule has 1 aliphatic rings. The van der Waals surface area contributed by atoms with Gasteiger partial charge in [-0.05, 0) is 12.8 Å². The average Bonchev–Trinajstić information content (AvgIpc) is 1.86. The van der Waals surface area contributed by atoms with Crippen LogP contribution in [-0.4, -0.2) is 37.5 Å². The van der Waals surface area contributed by atoms with Crippen LogP contribution in [-0.2, 0) is 4.79 Å². The SMILES string of the molecule is C[N+](C)(C)C1CCCCC1=O. The minimum Gasteiger partial charge on any atom is -0.322 e. The number of hydrogen-bond acceptors (Lipinski definition) is 1. The van der Waals surface area contributed by atoms with Crippen molar-refractivity contribution in [3.63, 3.8) is 0 Å². The van der Waals surface area contributed by atoms with Gasteiger partial charge in [0, 0.05) is 12.8 Å². The summed E-state index contributed by atoms with van der Waals surface area (Å²) in [5, 5.41) is 0. The number of carbonyl (C=O) groups is 1. The lowest BCUT2D eigenvalue weighted by Crippen LogP contribution is -2.50. The molecular weight excluding hydrogens is 138 g/mol. The molecule has 2 nitrogen and oxygen atoms in total. The molecule has 2 heteroatoms. The van der Waals surface area contributed by atoms with E-state index in [0.29, 0.717) is 5.78 Å². The van der Waals surface area contributed by atoms with E-state index < -0.39 is 0 Å². The third kappa shape index (κ3) is 2.03. The first-order valence-corrected chi connectivity index (χ1v) is 4.35. The van der Waals surface area contributed by atoms with Crippen LogP contribution in [0.3, 0.4) is 0 Å². The Bertz CT molecular complexity index is 157. The molecule has 1 aliphatic carbocycles. The highest BCUT2D eigenvalue weighted by Gasteiger charge is 2.32. The van der Waals surface area contributed by atoms with Crippen LogP contribution in [0.25, 0.3) is 0 Å². The standard InChI is InChI=1S/C9H18NO/c1-10(2,3)8-6-4-5-7-9(8)11/h8H,4-7H2,1-3H3/q+1. The molecule has 0 spiro atoms. The Balaban J connectivity index is 2.62. The van der Waals surface area contributed by atoms with E-state index in [4.69, 9.17) is 0 Å². The zero-order chi connectivity index (χ0) is 8.48. The second-order valence-corrected chi connectivity index (χ2v) is 4.34. The van der Waals surface area contributed by atoms with Gasteiger partial charge in [-0.1, -0.05) is 0 Å². The van der Waals surface area contributed by atoms with Crippen molar-refractivity contribution in [2.24, 2.45) is 0 Å². The molecule has 0 saturated heterocycles. The molecular formula is C9H18NO+. The first kappa shape index (κ1) is 8.72. The summed E-state index contributed by atoms with van der Waals surface area (Å²) < 4.78 is 0.804. The molecule has 0 N–H and O–H groups in total. The molecule has 1 atom stereocenters. The number of carbonyl (C=O) groups excluding carboxylic acids is 1. The van der Waals surface area contributed by atoms with Crippen LogP contribution in [0.15, 0.2) is 0 Å². The number of Topliss-reactive ketones (excluding diaryl/α,β-unsaturated/α-hetero) is 1. The van der Waals surface area contributed by atoms with Gasteiger partial charge in [0.1, 0.15) is 6.04 Å². The van der Waals surface area contributed by atoms with Crippen LogP contribution >= 0.6 is 0 Å². The van der Waals surface area contributed by atoms with Gasteiger partial charge in [-0.15, -0.1) is 0 Å². The van der Waals surface area contributed by atoms with Gasteiger partial charge in [-0.3, -0.25) is 4.79 Å². The Morgan fingerprint density at radius 2 is 1.91 bits per heavy atom. The van der Waals surface area contributed by atoms with Crippen molar-refractivity contribution in [2.75, 3.05) is 21.1 Å². The van der Waals surface area contributed by atoms with E-state index in [-0.39, 0.29) is 6.04 Å². The minimum absolute atomic E-state index is 0.267. The summed E-state index contributed by atoms with van der Waals surface area (Å²) in [5.41, 5.74) is 0. The van der Waals surface area contributed by atoms with E-state index in [1.54, 1.807) is 0 Å². The Labute approximate surface area is 68.8 Å². The molecule has 1 saturated carbocycles. The second-order valence-electron chi connectivity index (χ2n) is 4.34. The first-order valence-electron chi connectivity index (χ1n) is 4.35. The van der Waals surface area contributed by atoms with Gasteiger partial charge in [0.25, 0.3) is 0 Å². The van der Waals surface area contributed by atoms with E-state index in [1.807, 2.05) is 0 Å². The van der Waals surface area contributed by atoms with E-state index in [0.717, 1.165) is 23.7 Å². The van der Waals surface area contributed by atoms with Gasteiger partial charge in [-0.2, -0.15) is 0 Å². The summed E-state index contributed by atoms with van der Waals surface area (Å²) in [6.45, 7) is 0. The van der Waals surface area contributed by atoms with Crippen molar-refractivity contribution in [1.82, 2.24) is 0 Å². The summed E-state index contributed by atoms with van der Waals surface area (Å²) >= 11 is 0. The van der Waals surface area contributed by atoms with E-state index in [9.17, 15) is 4.79 Å². The molecule has 0 bridgehead atoms. The van der Waals surface area contributed by atoms with Crippen LogP contribution in [0.4, 0.5) is 0 Å². The third-order valence-electron chi connectivity index (χ3n) is 2.46. The van der Waals surface area contributed by atoms with Crippen molar-refractivity contribution in [2.45, 2.75) is 31.7 Å². The average molecular weight is 156 g/mol. The molecule has 0 radical (unpaired) electrons. The van der Waals surface area contributed by atoms with E-state index in [2.05, 4.69) is 21.1 Å². The summed E-state index contributed by atoms with van der Waals surface area (Å²) in [6.07, 6.45) is 4.23. The highest BCUT2D eigenvalue weighted by molar-refractivity contribution is 5.83. The number of quaternary nitrogens is 1. The topological polar surface area (TPSA) is 17.1 Å². The van der Waals surface area contributed by atoms with Crippen molar-refractivity contribution in [3.8, 4) is 0 Å². The number of nitrogens with zero attached hydrogens (tertiary/aromatic N) is 1. The van der Waals surface area contributed by atoms with Crippen LogP contribution < -0.4 is 0 Å². The quantitative estimate of drug-likeness (QED) is 0.521. The van der Waals surface area contributed by atoms with Gasteiger partial charge in [-0.25, -0.2) is 0 Å². The monoisotopic (exact) mass is 156 g/mol. The normalized spacial score (nSPS) is 27.2. The molecule has 0 aromatic carbocycles. The van der Waals surface area contributed by atoms with E-state index >= 15 is 0 Å². The van der Waals surface area contributed by atoms with Crippen LogP contribution in [0.2, 0.25) is 0 Å². The number of hydrogen-bond donors (Lipinski definition) is 0. The van der Waals surface area contributed by atoms with Gasteiger partial charge >= 0.3 is 0 Å².